The Morgan fingerprint density at radius 3 is 2.67 bits per heavy atom. The lowest BCUT2D eigenvalue weighted by molar-refractivity contribution is 0.281. The molecule has 2 rings (SSSR count). The monoisotopic (exact) mass is 304 g/mol. The summed E-state index contributed by atoms with van der Waals surface area (Å²) < 4.78 is 0. The standard InChI is InChI=1S/C17H21ClN2O/c1-4-16-8-13(11-21)9-17(19-16)20(3)12(2)14-6-5-7-15(18)10-14/h5-10,12,21H,4,11H2,1-3H3. The molecule has 1 unspecified atom stereocenters. The molecule has 1 aromatic carbocycles. The largest absolute Gasteiger partial charge is 0.392 e. The van der Waals surface area contributed by atoms with E-state index in [1.165, 1.54) is 0 Å². The molecule has 0 bridgehead atoms. The van der Waals surface area contributed by atoms with Crippen LogP contribution in [0, 0.1) is 0 Å². The second-order valence-corrected chi connectivity index (χ2v) is 5.61. The van der Waals surface area contributed by atoms with Gasteiger partial charge in [-0.2, -0.15) is 0 Å². The van der Waals surface area contributed by atoms with Gasteiger partial charge in [-0.1, -0.05) is 30.7 Å². The van der Waals surface area contributed by atoms with Gasteiger partial charge in [0.05, 0.1) is 12.6 Å². The van der Waals surface area contributed by atoms with Crippen LogP contribution in [0.2, 0.25) is 5.02 Å². The Morgan fingerprint density at radius 2 is 2.05 bits per heavy atom. The van der Waals surface area contributed by atoms with E-state index in [9.17, 15) is 5.11 Å². The number of nitrogens with zero attached hydrogens (tertiary/aromatic N) is 2. The molecule has 1 aromatic heterocycles. The van der Waals surface area contributed by atoms with Crippen molar-refractivity contribution in [2.45, 2.75) is 32.9 Å². The fourth-order valence-corrected chi connectivity index (χ4v) is 2.47. The Hall–Kier alpha value is -1.58. The molecule has 1 atom stereocenters. The maximum absolute atomic E-state index is 9.39. The smallest absolute Gasteiger partial charge is 0.129 e. The number of hydrogen-bond donors (Lipinski definition) is 1. The lowest BCUT2D eigenvalue weighted by Gasteiger charge is -2.27. The third kappa shape index (κ3) is 3.74. The molecule has 0 aliphatic rings. The van der Waals surface area contributed by atoms with E-state index in [-0.39, 0.29) is 12.6 Å². The molecule has 0 aliphatic carbocycles. The Morgan fingerprint density at radius 1 is 1.29 bits per heavy atom. The van der Waals surface area contributed by atoms with Crippen molar-refractivity contribution in [2.75, 3.05) is 11.9 Å². The van der Waals surface area contributed by atoms with E-state index in [1.54, 1.807) is 0 Å². The molecule has 0 fully saturated rings. The lowest BCUT2D eigenvalue weighted by atomic mass is 10.1. The highest BCUT2D eigenvalue weighted by atomic mass is 35.5. The quantitative estimate of drug-likeness (QED) is 0.907. The Balaban J connectivity index is 2.32. The van der Waals surface area contributed by atoms with Crippen LogP contribution in [-0.2, 0) is 13.0 Å². The van der Waals surface area contributed by atoms with Crippen molar-refractivity contribution in [3.8, 4) is 0 Å². The zero-order valence-corrected chi connectivity index (χ0v) is 13.4. The first-order valence-corrected chi connectivity index (χ1v) is 7.52. The normalized spacial score (nSPS) is 12.2. The molecule has 0 radical (unpaired) electrons. The van der Waals surface area contributed by atoms with E-state index >= 15 is 0 Å². The SMILES string of the molecule is CCc1cc(CO)cc(N(C)C(C)c2cccc(Cl)c2)n1. The molecule has 4 heteroatoms. The second kappa shape index (κ2) is 6.92. The van der Waals surface area contributed by atoms with E-state index in [4.69, 9.17) is 11.6 Å². The van der Waals surface area contributed by atoms with Gasteiger partial charge in [-0.25, -0.2) is 4.98 Å². The van der Waals surface area contributed by atoms with Gasteiger partial charge in [-0.3, -0.25) is 0 Å². The first-order valence-electron chi connectivity index (χ1n) is 7.14. The molecule has 0 saturated carbocycles. The van der Waals surface area contributed by atoms with Gasteiger partial charge in [-0.15, -0.1) is 0 Å². The second-order valence-electron chi connectivity index (χ2n) is 5.18. The molecule has 1 N–H and O–H groups in total. The van der Waals surface area contributed by atoms with Crippen LogP contribution in [0.5, 0.6) is 0 Å². The van der Waals surface area contributed by atoms with Crippen LogP contribution in [0.15, 0.2) is 36.4 Å². The van der Waals surface area contributed by atoms with Gasteiger partial charge in [0.25, 0.3) is 0 Å². The summed E-state index contributed by atoms with van der Waals surface area (Å²) in [5.74, 6) is 0.867. The zero-order chi connectivity index (χ0) is 15.4. The summed E-state index contributed by atoms with van der Waals surface area (Å²) in [6.45, 7) is 4.21. The number of aliphatic hydroxyl groups is 1. The lowest BCUT2D eigenvalue weighted by Crippen LogP contribution is -2.23. The van der Waals surface area contributed by atoms with E-state index < -0.39 is 0 Å². The number of aliphatic hydroxyl groups excluding tert-OH is 1. The summed E-state index contributed by atoms with van der Waals surface area (Å²) in [5.41, 5.74) is 3.02. The first kappa shape index (κ1) is 15.8. The summed E-state index contributed by atoms with van der Waals surface area (Å²) in [6.07, 6.45) is 0.847. The highest BCUT2D eigenvalue weighted by Crippen LogP contribution is 2.26. The Kier molecular flexibility index (Phi) is 5.21. The fraction of sp³-hybridized carbons (Fsp3) is 0.353. The number of anilines is 1. The number of hydrogen-bond acceptors (Lipinski definition) is 3. The topological polar surface area (TPSA) is 36.4 Å². The summed E-state index contributed by atoms with van der Waals surface area (Å²) >= 11 is 6.07. The zero-order valence-electron chi connectivity index (χ0n) is 12.7. The first-order chi connectivity index (χ1) is 10.0. The van der Waals surface area contributed by atoms with Gasteiger partial charge in [0.15, 0.2) is 0 Å². The Bertz CT molecular complexity index is 593. The third-order valence-electron chi connectivity index (χ3n) is 3.74. The number of aromatic nitrogens is 1. The molecule has 0 spiro atoms. The highest BCUT2D eigenvalue weighted by Gasteiger charge is 2.15. The molecule has 112 valence electrons. The van der Waals surface area contributed by atoms with Crippen LogP contribution in [0.3, 0.4) is 0 Å². The van der Waals surface area contributed by atoms with Gasteiger partial charge in [0, 0.05) is 17.8 Å². The maximum Gasteiger partial charge on any atom is 0.129 e. The fourth-order valence-electron chi connectivity index (χ4n) is 2.27. The summed E-state index contributed by atoms with van der Waals surface area (Å²) in [5, 5.41) is 10.1. The maximum atomic E-state index is 9.39. The Labute approximate surface area is 131 Å². The molecule has 0 aliphatic heterocycles. The average molecular weight is 305 g/mol. The number of benzene rings is 1. The average Bonchev–Trinajstić information content (AvgIpc) is 2.52. The van der Waals surface area contributed by atoms with Crippen LogP contribution < -0.4 is 4.90 Å². The van der Waals surface area contributed by atoms with Crippen molar-refractivity contribution in [1.29, 1.82) is 0 Å². The molecule has 0 amide bonds. The van der Waals surface area contributed by atoms with Gasteiger partial charge in [-0.05, 0) is 48.7 Å². The van der Waals surface area contributed by atoms with Crippen LogP contribution in [0.4, 0.5) is 5.82 Å². The van der Waals surface area contributed by atoms with Crippen molar-refractivity contribution in [3.63, 3.8) is 0 Å². The van der Waals surface area contributed by atoms with Crippen LogP contribution in [-0.4, -0.2) is 17.1 Å². The van der Waals surface area contributed by atoms with Crippen molar-refractivity contribution in [1.82, 2.24) is 4.98 Å². The van der Waals surface area contributed by atoms with Crippen molar-refractivity contribution in [2.24, 2.45) is 0 Å². The molecule has 3 nitrogen and oxygen atoms in total. The third-order valence-corrected chi connectivity index (χ3v) is 3.98. The van der Waals surface area contributed by atoms with E-state index in [0.29, 0.717) is 0 Å². The highest BCUT2D eigenvalue weighted by molar-refractivity contribution is 6.30. The number of pyridine rings is 1. The van der Waals surface area contributed by atoms with Gasteiger partial charge >= 0.3 is 0 Å². The summed E-state index contributed by atoms with van der Waals surface area (Å²) in [7, 11) is 2.01. The van der Waals surface area contributed by atoms with Gasteiger partial charge in [0.1, 0.15) is 5.82 Å². The number of halogens is 1. The van der Waals surface area contributed by atoms with Crippen molar-refractivity contribution >= 4 is 17.4 Å². The molecular formula is C17H21ClN2O. The van der Waals surface area contributed by atoms with Crippen LogP contribution in [0.1, 0.15) is 36.7 Å². The minimum absolute atomic E-state index is 0.0297. The minimum Gasteiger partial charge on any atom is -0.392 e. The summed E-state index contributed by atoms with van der Waals surface area (Å²) in [6, 6.07) is 11.9. The molecule has 2 aromatic rings. The molecule has 0 saturated heterocycles. The molecular weight excluding hydrogens is 284 g/mol. The minimum atomic E-state index is 0.0297. The molecule has 1 heterocycles. The van der Waals surface area contributed by atoms with Crippen molar-refractivity contribution in [3.05, 3.63) is 58.2 Å². The summed E-state index contributed by atoms with van der Waals surface area (Å²) in [4.78, 5) is 6.75. The van der Waals surface area contributed by atoms with E-state index in [2.05, 4.69) is 29.8 Å². The van der Waals surface area contributed by atoms with Crippen LogP contribution >= 0.6 is 11.6 Å². The van der Waals surface area contributed by atoms with Gasteiger partial charge < -0.3 is 10.0 Å². The van der Waals surface area contributed by atoms with E-state index in [1.807, 2.05) is 37.4 Å². The van der Waals surface area contributed by atoms with Crippen molar-refractivity contribution < 1.29 is 5.11 Å². The van der Waals surface area contributed by atoms with Crippen LogP contribution in [0.25, 0.3) is 0 Å². The molecule has 21 heavy (non-hydrogen) atoms. The number of rotatable bonds is 5. The van der Waals surface area contributed by atoms with E-state index in [0.717, 1.165) is 34.1 Å². The number of aryl methyl sites for hydroxylation is 1. The predicted molar refractivity (Wildman–Crippen MR) is 87.8 cm³/mol. The predicted octanol–water partition coefficient (Wildman–Crippen LogP) is 3.99. The van der Waals surface area contributed by atoms with Gasteiger partial charge in [0.2, 0.25) is 0 Å².